The Kier molecular flexibility index (Phi) is 23.8. The summed E-state index contributed by atoms with van der Waals surface area (Å²) in [6, 6.07) is 162. The van der Waals surface area contributed by atoms with Crippen molar-refractivity contribution in [2.24, 2.45) is 28.2 Å². The third-order valence-corrected chi connectivity index (χ3v) is 26.8. The molecule has 0 bridgehead atoms. The van der Waals surface area contributed by atoms with Gasteiger partial charge in [-0.25, -0.2) is 0 Å². The van der Waals surface area contributed by atoms with Crippen molar-refractivity contribution in [2.75, 3.05) is 0 Å². The molecular weight excluding hydrogens is 1880 g/mol. The van der Waals surface area contributed by atoms with Crippen LogP contribution in [0.15, 0.2) is 413 Å². The third kappa shape index (κ3) is 14.9. The Morgan fingerprint density at radius 1 is 0.185 bits per heavy atom. The summed E-state index contributed by atoms with van der Waals surface area (Å²) in [6.45, 7) is 0. The molecule has 4 nitrogen and oxygen atoms in total. The van der Waals surface area contributed by atoms with Gasteiger partial charge in [-0.15, -0.1) is 104 Å². The first-order valence-corrected chi connectivity index (χ1v) is 43.3. The van der Waals surface area contributed by atoms with Gasteiger partial charge < -0.3 is 18.3 Å². The van der Waals surface area contributed by atoms with Crippen LogP contribution in [0.2, 0.25) is 0 Å². The smallest absolute Gasteiger partial charge is 0.0495 e. The van der Waals surface area contributed by atoms with E-state index in [0.29, 0.717) is 0 Å². The van der Waals surface area contributed by atoms with Gasteiger partial charge in [0.1, 0.15) is 0 Å². The predicted octanol–water partition coefficient (Wildman–Crippen LogP) is 32.4. The molecule has 0 saturated carbocycles. The SMILES string of the molecule is Cn1c2ccc(-c3c4ccccc4[c-]c4ccccc34)cc2c2c3ccccc3ccc21.Cn1c2ccc(-c3cc[c-]c4ccccc34)cc2c2c3ccccc3ccc21.Cn1c2ccc(-c3ccc(-c4ccc5c[c-]ccc5c4)cc3)cc2c2c3ccccc3ccc21.Cn1c2ccc(-c3ccc4c(ccc5c[c-]ccc54)c3)cc2c2c3ccccc3ccc21.[Y].[Y].[Y].[Y]. The Balaban J connectivity index is 0.000000108. The molecule has 27 aromatic rings. The Morgan fingerprint density at radius 3 is 0.992 bits per heavy atom. The maximum absolute atomic E-state index is 3.61. The van der Waals surface area contributed by atoms with Crippen LogP contribution in [0.3, 0.4) is 0 Å². The minimum absolute atomic E-state index is 0. The zero-order valence-corrected chi connectivity index (χ0v) is 83.7. The Hall–Kier alpha value is -11.7. The van der Waals surface area contributed by atoms with E-state index in [-0.39, 0.29) is 131 Å². The zero-order valence-electron chi connectivity index (χ0n) is 72.4. The minimum Gasteiger partial charge on any atom is -0.344 e. The van der Waals surface area contributed by atoms with Crippen molar-refractivity contribution in [3.05, 3.63) is 437 Å². The summed E-state index contributed by atoms with van der Waals surface area (Å²) in [4.78, 5) is 0. The molecule has 0 aliphatic rings. The van der Waals surface area contributed by atoms with E-state index in [2.05, 4.69) is 459 Å². The molecule has 4 radical (unpaired) electrons. The number of benzene rings is 23. The predicted molar refractivity (Wildman–Crippen MR) is 539 cm³/mol. The first kappa shape index (κ1) is 86.3. The van der Waals surface area contributed by atoms with Gasteiger partial charge in [0.05, 0.1) is 0 Å². The maximum atomic E-state index is 3.61. The topological polar surface area (TPSA) is 19.7 Å². The second kappa shape index (κ2) is 35.9. The second-order valence-electron chi connectivity index (χ2n) is 33.6. The van der Waals surface area contributed by atoms with Crippen LogP contribution in [0.5, 0.6) is 0 Å². The Morgan fingerprint density at radius 2 is 0.500 bits per heavy atom. The van der Waals surface area contributed by atoms with Gasteiger partial charge >= 0.3 is 0 Å². The van der Waals surface area contributed by atoms with Gasteiger partial charge in [0.2, 0.25) is 0 Å². The van der Waals surface area contributed by atoms with Crippen LogP contribution < -0.4 is 0 Å². The average Bonchev–Trinajstić information content (AvgIpc) is 1.56. The minimum atomic E-state index is 0. The molecule has 0 amide bonds. The van der Waals surface area contributed by atoms with Crippen molar-refractivity contribution >= 4 is 195 Å². The summed E-state index contributed by atoms with van der Waals surface area (Å²) in [5, 5.41) is 35.7. The Bertz CT molecular complexity index is 9130. The molecule has 23 aromatic carbocycles. The molecule has 0 saturated heterocycles. The van der Waals surface area contributed by atoms with Crippen LogP contribution >= 0.6 is 0 Å². The number of fused-ring (bicyclic) bond motifs is 27. The van der Waals surface area contributed by atoms with Gasteiger partial charge in [0.15, 0.2) is 0 Å². The molecule has 0 aliphatic heterocycles. The molecular formula is C122H80N4Y4-4. The molecule has 0 spiro atoms. The number of aryl methyl sites for hydroxylation is 4. The third-order valence-electron chi connectivity index (χ3n) is 26.8. The van der Waals surface area contributed by atoms with Gasteiger partial charge in [-0.1, -0.05) is 271 Å². The molecule has 130 heavy (non-hydrogen) atoms. The van der Waals surface area contributed by atoms with E-state index in [1.807, 2.05) is 24.3 Å². The van der Waals surface area contributed by atoms with Crippen molar-refractivity contribution in [2.45, 2.75) is 0 Å². The van der Waals surface area contributed by atoms with Gasteiger partial charge in [0, 0.05) is 246 Å². The van der Waals surface area contributed by atoms with Gasteiger partial charge in [-0.3, -0.25) is 0 Å². The zero-order chi connectivity index (χ0) is 83.8. The molecule has 604 valence electrons. The number of rotatable bonds is 5. The van der Waals surface area contributed by atoms with Crippen LogP contribution in [0.1, 0.15) is 0 Å². The van der Waals surface area contributed by atoms with Crippen LogP contribution in [-0.4, -0.2) is 18.3 Å². The van der Waals surface area contributed by atoms with Gasteiger partial charge in [0.25, 0.3) is 0 Å². The summed E-state index contributed by atoms with van der Waals surface area (Å²) in [5.74, 6) is 0. The fraction of sp³-hybridized carbons (Fsp3) is 0.0328. The van der Waals surface area contributed by atoms with Crippen molar-refractivity contribution in [3.8, 4) is 55.6 Å². The van der Waals surface area contributed by atoms with Crippen LogP contribution in [-0.2, 0) is 159 Å². The average molecular weight is 1960 g/mol. The molecule has 27 rings (SSSR count). The summed E-state index contributed by atoms with van der Waals surface area (Å²) >= 11 is 0. The molecule has 8 heteroatoms. The van der Waals surface area contributed by atoms with Gasteiger partial charge in [-0.05, 0) is 177 Å². The van der Waals surface area contributed by atoms with Gasteiger partial charge in [-0.2, -0.15) is 48.5 Å². The standard InChI is InChI=1S/C33H22N.2C31H20N.C27H18N.4Y/c1-34-31-18-17-28(21-30(31)33-29-9-5-4-7-25(29)16-19-32(33)34)24-12-10-23(11-13-24)27-15-14-22-6-2-3-8-26(22)20-27;1-32-28-16-15-23(19-27(28)31-24-11-5-2-8-20(24)14-17-29(31)32)30-25-12-6-3-9-21(25)18-22-10-4-7-13-26(22)30;1-32-29-16-14-23(19-28(29)31-27-9-5-3-7-21(27)13-17-30(31)32)22-12-15-26-24(18-22)11-10-20-6-2-4-8-25(20)26;1-28-25-15-14-20(22-12-6-9-18-7-2-4-10-21(18)22)17-24(25)27-23-11-5-3-8-19(23)13-16-26(27)28;;;;/h3-21H,1H3;2-17,19H,1H3;3-19H,1H3;2-8,10-17H,1H3;;;;/q4*-1;;;;. The number of nitrogens with zero attached hydrogens (tertiary/aromatic N) is 4. The van der Waals surface area contributed by atoms with E-state index in [4.69, 9.17) is 0 Å². The summed E-state index contributed by atoms with van der Waals surface area (Å²) in [7, 11) is 8.65. The first-order valence-electron chi connectivity index (χ1n) is 43.3. The number of hydrogen-bond donors (Lipinski definition) is 0. The largest absolute Gasteiger partial charge is 0.344 e. The van der Waals surface area contributed by atoms with Crippen LogP contribution in [0.25, 0.3) is 251 Å². The Labute approximate surface area is 854 Å². The van der Waals surface area contributed by atoms with Crippen molar-refractivity contribution in [1.82, 2.24) is 18.3 Å². The summed E-state index contributed by atoms with van der Waals surface area (Å²) in [6.07, 6.45) is 0. The fourth-order valence-corrected chi connectivity index (χ4v) is 20.5. The number of aromatic nitrogens is 4. The quantitative estimate of drug-likeness (QED) is 0.0930. The molecule has 0 atom stereocenters. The normalized spacial score (nSPS) is 11.4. The molecule has 0 fully saturated rings. The molecule has 4 heterocycles. The fourth-order valence-electron chi connectivity index (χ4n) is 20.5. The summed E-state index contributed by atoms with van der Waals surface area (Å²) in [5.41, 5.74) is 22.6. The number of hydrogen-bond acceptors (Lipinski definition) is 0. The second-order valence-corrected chi connectivity index (χ2v) is 33.6. The maximum Gasteiger partial charge on any atom is 0.0495 e. The van der Waals surface area contributed by atoms with E-state index in [1.54, 1.807) is 0 Å². The van der Waals surface area contributed by atoms with E-state index in [0.717, 1.165) is 16.2 Å². The van der Waals surface area contributed by atoms with Crippen molar-refractivity contribution in [3.63, 3.8) is 0 Å². The monoisotopic (exact) mass is 1960 g/mol. The van der Waals surface area contributed by atoms with E-state index < -0.39 is 0 Å². The van der Waals surface area contributed by atoms with E-state index in [1.165, 1.54) is 234 Å². The molecule has 0 N–H and O–H groups in total. The van der Waals surface area contributed by atoms with Crippen LogP contribution in [0.4, 0.5) is 0 Å². The van der Waals surface area contributed by atoms with Crippen molar-refractivity contribution < 1.29 is 131 Å². The molecule has 0 aliphatic carbocycles. The molecule has 0 unspecified atom stereocenters. The van der Waals surface area contributed by atoms with E-state index in [9.17, 15) is 0 Å². The first-order chi connectivity index (χ1) is 62.1. The van der Waals surface area contributed by atoms with E-state index >= 15 is 0 Å². The summed E-state index contributed by atoms with van der Waals surface area (Å²) < 4.78 is 9.24. The molecule has 4 aromatic heterocycles. The van der Waals surface area contributed by atoms with Crippen molar-refractivity contribution in [1.29, 1.82) is 0 Å². The van der Waals surface area contributed by atoms with Crippen LogP contribution in [0, 0.1) is 24.3 Å².